The van der Waals surface area contributed by atoms with Crippen molar-refractivity contribution in [3.63, 3.8) is 0 Å². The lowest BCUT2D eigenvalue weighted by Gasteiger charge is -2.22. The molecular formula is C18H22N2O3. The molecule has 0 radical (unpaired) electrons. The van der Waals surface area contributed by atoms with Gasteiger partial charge >= 0.3 is 0 Å². The summed E-state index contributed by atoms with van der Waals surface area (Å²) in [6, 6.07) is 8.94. The molecule has 2 rings (SSSR count). The molecule has 1 aromatic carbocycles. The van der Waals surface area contributed by atoms with Gasteiger partial charge in [-0.15, -0.1) is 0 Å². The molecule has 5 heteroatoms. The third-order valence-corrected chi connectivity index (χ3v) is 3.83. The van der Waals surface area contributed by atoms with Gasteiger partial charge in [0.1, 0.15) is 6.04 Å². The van der Waals surface area contributed by atoms with Crippen molar-refractivity contribution in [2.24, 2.45) is 5.92 Å². The maximum Gasteiger partial charge on any atom is 0.249 e. The van der Waals surface area contributed by atoms with Gasteiger partial charge in [-0.3, -0.25) is 19.7 Å². The van der Waals surface area contributed by atoms with Crippen molar-refractivity contribution < 1.29 is 14.4 Å². The van der Waals surface area contributed by atoms with E-state index in [0.29, 0.717) is 13.0 Å². The first-order valence-electron chi connectivity index (χ1n) is 7.87. The number of amides is 3. The Hall–Kier alpha value is -2.43. The highest BCUT2D eigenvalue weighted by Gasteiger charge is 2.34. The summed E-state index contributed by atoms with van der Waals surface area (Å²) in [6.07, 6.45) is 4.56. The molecule has 1 atom stereocenters. The van der Waals surface area contributed by atoms with Gasteiger partial charge in [-0.2, -0.15) is 0 Å². The fourth-order valence-corrected chi connectivity index (χ4v) is 2.48. The molecule has 1 N–H and O–H groups in total. The molecule has 0 spiro atoms. The Morgan fingerprint density at radius 3 is 2.57 bits per heavy atom. The fraction of sp³-hybridized carbons (Fsp3) is 0.389. The second kappa shape index (κ2) is 7.72. The highest BCUT2D eigenvalue weighted by Crippen LogP contribution is 2.18. The van der Waals surface area contributed by atoms with Gasteiger partial charge in [0.05, 0.1) is 0 Å². The van der Waals surface area contributed by atoms with Gasteiger partial charge in [-0.1, -0.05) is 44.2 Å². The SMILES string of the molecule is CC(C)C(=O)NC(=O)C1CCCN1C(=O)/C=C/c1ccccc1. The fourth-order valence-electron chi connectivity index (χ4n) is 2.48. The van der Waals surface area contributed by atoms with Gasteiger partial charge in [0.2, 0.25) is 17.7 Å². The molecule has 0 aromatic heterocycles. The molecule has 1 aromatic rings. The molecule has 23 heavy (non-hydrogen) atoms. The summed E-state index contributed by atoms with van der Waals surface area (Å²) in [5, 5.41) is 2.38. The molecule has 1 aliphatic rings. The molecule has 0 bridgehead atoms. The Kier molecular flexibility index (Phi) is 5.68. The molecule has 1 fully saturated rings. The van der Waals surface area contributed by atoms with E-state index in [2.05, 4.69) is 5.32 Å². The number of hydrogen-bond donors (Lipinski definition) is 1. The average Bonchev–Trinajstić information content (AvgIpc) is 3.03. The summed E-state index contributed by atoms with van der Waals surface area (Å²) < 4.78 is 0. The Morgan fingerprint density at radius 2 is 1.91 bits per heavy atom. The number of nitrogens with one attached hydrogen (secondary N) is 1. The minimum absolute atomic E-state index is 0.205. The first kappa shape index (κ1) is 16.9. The summed E-state index contributed by atoms with van der Waals surface area (Å²) in [6.45, 7) is 3.98. The van der Waals surface area contributed by atoms with Crippen LogP contribution in [0.2, 0.25) is 0 Å². The molecule has 3 amide bonds. The van der Waals surface area contributed by atoms with Crippen molar-refractivity contribution in [2.45, 2.75) is 32.7 Å². The van der Waals surface area contributed by atoms with E-state index in [9.17, 15) is 14.4 Å². The topological polar surface area (TPSA) is 66.5 Å². The van der Waals surface area contributed by atoms with Gasteiger partial charge in [0, 0.05) is 18.5 Å². The van der Waals surface area contributed by atoms with Gasteiger partial charge in [-0.05, 0) is 24.5 Å². The van der Waals surface area contributed by atoms with Crippen molar-refractivity contribution in [3.8, 4) is 0 Å². The molecular weight excluding hydrogens is 292 g/mol. The molecule has 1 aliphatic heterocycles. The molecule has 0 saturated carbocycles. The Bertz CT molecular complexity index is 608. The summed E-state index contributed by atoms with van der Waals surface area (Å²) in [5.74, 6) is -1.16. The zero-order valence-electron chi connectivity index (χ0n) is 13.5. The number of benzene rings is 1. The van der Waals surface area contributed by atoms with Crippen molar-refractivity contribution in [2.75, 3.05) is 6.54 Å². The zero-order valence-corrected chi connectivity index (χ0v) is 13.5. The van der Waals surface area contributed by atoms with Crippen LogP contribution < -0.4 is 5.32 Å². The van der Waals surface area contributed by atoms with Crippen molar-refractivity contribution >= 4 is 23.8 Å². The average molecular weight is 314 g/mol. The Morgan fingerprint density at radius 1 is 1.22 bits per heavy atom. The van der Waals surface area contributed by atoms with Crippen molar-refractivity contribution in [3.05, 3.63) is 42.0 Å². The number of hydrogen-bond acceptors (Lipinski definition) is 3. The van der Waals surface area contributed by atoms with Crippen LogP contribution in [-0.4, -0.2) is 35.2 Å². The van der Waals surface area contributed by atoms with E-state index in [1.165, 1.54) is 11.0 Å². The van der Waals surface area contributed by atoms with Crippen LogP contribution in [0.15, 0.2) is 36.4 Å². The smallest absolute Gasteiger partial charge is 0.249 e. The highest BCUT2D eigenvalue weighted by atomic mass is 16.2. The lowest BCUT2D eigenvalue weighted by molar-refractivity contribution is -0.139. The Labute approximate surface area is 136 Å². The first-order chi connectivity index (χ1) is 11.0. The third kappa shape index (κ3) is 4.52. The van der Waals surface area contributed by atoms with Crippen molar-refractivity contribution in [1.29, 1.82) is 0 Å². The van der Waals surface area contributed by atoms with E-state index >= 15 is 0 Å². The van der Waals surface area contributed by atoms with E-state index in [-0.39, 0.29) is 23.6 Å². The maximum atomic E-state index is 12.3. The van der Waals surface area contributed by atoms with Crippen molar-refractivity contribution in [1.82, 2.24) is 10.2 Å². The number of carbonyl (C=O) groups is 3. The van der Waals surface area contributed by atoms with E-state index in [4.69, 9.17) is 0 Å². The summed E-state index contributed by atoms with van der Waals surface area (Å²) in [7, 11) is 0. The van der Waals surface area contributed by atoms with E-state index in [1.807, 2.05) is 30.3 Å². The lowest BCUT2D eigenvalue weighted by Crippen LogP contribution is -2.48. The highest BCUT2D eigenvalue weighted by molar-refractivity contribution is 6.01. The number of carbonyl (C=O) groups excluding carboxylic acids is 3. The summed E-state index contributed by atoms with van der Waals surface area (Å²) in [5.41, 5.74) is 0.927. The molecule has 122 valence electrons. The van der Waals surface area contributed by atoms with Crippen LogP contribution in [0.1, 0.15) is 32.3 Å². The van der Waals surface area contributed by atoms with Gasteiger partial charge in [0.15, 0.2) is 0 Å². The molecule has 1 unspecified atom stereocenters. The van der Waals surface area contributed by atoms with Gasteiger partial charge in [0.25, 0.3) is 0 Å². The minimum atomic E-state index is -0.564. The monoisotopic (exact) mass is 314 g/mol. The molecule has 1 heterocycles. The number of nitrogens with zero attached hydrogens (tertiary/aromatic N) is 1. The standard InChI is InChI=1S/C18H22N2O3/c1-13(2)17(22)19-18(23)15-9-6-12-20(15)16(21)11-10-14-7-4-3-5-8-14/h3-5,7-8,10-11,13,15H,6,9,12H2,1-2H3,(H,19,22,23)/b11-10+. The summed E-state index contributed by atoms with van der Waals surface area (Å²) in [4.78, 5) is 37.7. The van der Waals surface area contributed by atoms with Crippen LogP contribution in [0.5, 0.6) is 0 Å². The predicted molar refractivity (Wildman–Crippen MR) is 88.2 cm³/mol. The number of rotatable bonds is 4. The lowest BCUT2D eigenvalue weighted by atomic mass is 10.1. The van der Waals surface area contributed by atoms with Crippen LogP contribution in [0.25, 0.3) is 6.08 Å². The maximum absolute atomic E-state index is 12.3. The van der Waals surface area contributed by atoms with Gasteiger partial charge < -0.3 is 4.90 Å². The minimum Gasteiger partial charge on any atom is -0.327 e. The molecule has 1 saturated heterocycles. The number of likely N-dealkylation sites (tertiary alicyclic amines) is 1. The van der Waals surface area contributed by atoms with E-state index < -0.39 is 6.04 Å². The second-order valence-corrected chi connectivity index (χ2v) is 5.94. The zero-order chi connectivity index (χ0) is 16.8. The van der Waals surface area contributed by atoms with Gasteiger partial charge in [-0.25, -0.2) is 0 Å². The Balaban J connectivity index is 2.00. The first-order valence-corrected chi connectivity index (χ1v) is 7.87. The van der Waals surface area contributed by atoms with E-state index in [0.717, 1.165) is 12.0 Å². The third-order valence-electron chi connectivity index (χ3n) is 3.83. The van der Waals surface area contributed by atoms with Crippen LogP contribution in [-0.2, 0) is 14.4 Å². The summed E-state index contributed by atoms with van der Waals surface area (Å²) >= 11 is 0. The second-order valence-electron chi connectivity index (χ2n) is 5.94. The van der Waals surface area contributed by atoms with Crippen LogP contribution in [0.3, 0.4) is 0 Å². The quantitative estimate of drug-likeness (QED) is 0.864. The normalized spacial score (nSPS) is 17.7. The van der Waals surface area contributed by atoms with E-state index in [1.54, 1.807) is 19.9 Å². The van der Waals surface area contributed by atoms with Crippen LogP contribution >= 0.6 is 0 Å². The molecule has 0 aliphatic carbocycles. The van der Waals surface area contributed by atoms with Crippen LogP contribution in [0, 0.1) is 5.92 Å². The molecule has 5 nitrogen and oxygen atoms in total. The van der Waals surface area contributed by atoms with Crippen LogP contribution in [0.4, 0.5) is 0 Å². The predicted octanol–water partition coefficient (Wildman–Crippen LogP) is 1.99. The largest absolute Gasteiger partial charge is 0.327 e. The number of imide groups is 1.